The maximum atomic E-state index is 12.1. The van der Waals surface area contributed by atoms with Crippen molar-refractivity contribution in [3.8, 4) is 0 Å². The second kappa shape index (κ2) is 6.39. The topological polar surface area (TPSA) is 55.1 Å². The van der Waals surface area contributed by atoms with Crippen molar-refractivity contribution in [3.05, 3.63) is 0 Å². The van der Waals surface area contributed by atoms with Crippen LogP contribution in [-0.4, -0.2) is 18.0 Å². The number of carbonyl (C=O) groups is 1. The molecule has 0 radical (unpaired) electrons. The van der Waals surface area contributed by atoms with Crippen molar-refractivity contribution in [3.63, 3.8) is 0 Å². The van der Waals surface area contributed by atoms with Crippen LogP contribution in [0.5, 0.6) is 0 Å². The van der Waals surface area contributed by atoms with Crippen LogP contribution in [0.15, 0.2) is 0 Å². The molecule has 0 heterocycles. The van der Waals surface area contributed by atoms with Crippen LogP contribution in [0.2, 0.25) is 0 Å². The van der Waals surface area contributed by atoms with E-state index in [0.29, 0.717) is 12.5 Å². The Hall–Kier alpha value is -0.570. The summed E-state index contributed by atoms with van der Waals surface area (Å²) < 4.78 is 0. The summed E-state index contributed by atoms with van der Waals surface area (Å²) in [7, 11) is 0. The molecule has 1 fully saturated rings. The molecular formula is C14H28N2O. The van der Waals surface area contributed by atoms with Crippen molar-refractivity contribution >= 4 is 5.91 Å². The normalized spacial score (nSPS) is 20.0. The summed E-state index contributed by atoms with van der Waals surface area (Å²) in [6, 6.07) is 0. The standard InChI is InChI=1S/C14H28N2O/c1-14(2,3)16-13(17)12(10-15)9-11-7-5-4-6-8-11/h11-12H,4-10,15H2,1-3H3,(H,16,17). The summed E-state index contributed by atoms with van der Waals surface area (Å²) in [5.41, 5.74) is 5.59. The number of nitrogens with one attached hydrogen (secondary N) is 1. The zero-order valence-electron chi connectivity index (χ0n) is 11.6. The molecule has 1 unspecified atom stereocenters. The predicted molar refractivity (Wildman–Crippen MR) is 71.6 cm³/mol. The van der Waals surface area contributed by atoms with Crippen molar-refractivity contribution in [2.45, 2.75) is 64.8 Å². The van der Waals surface area contributed by atoms with Crippen LogP contribution in [0.25, 0.3) is 0 Å². The molecule has 0 aliphatic heterocycles. The first-order valence-electron chi connectivity index (χ1n) is 6.94. The fourth-order valence-corrected chi connectivity index (χ4v) is 2.61. The van der Waals surface area contributed by atoms with E-state index in [-0.39, 0.29) is 17.4 Å². The summed E-state index contributed by atoms with van der Waals surface area (Å²) in [5, 5.41) is 3.04. The van der Waals surface area contributed by atoms with Gasteiger partial charge in [-0.15, -0.1) is 0 Å². The van der Waals surface area contributed by atoms with Crippen molar-refractivity contribution in [2.75, 3.05) is 6.54 Å². The van der Waals surface area contributed by atoms with Gasteiger partial charge in [-0.1, -0.05) is 32.1 Å². The maximum Gasteiger partial charge on any atom is 0.224 e. The minimum Gasteiger partial charge on any atom is -0.351 e. The number of amides is 1. The van der Waals surface area contributed by atoms with E-state index in [1.807, 2.05) is 20.8 Å². The van der Waals surface area contributed by atoms with Crippen LogP contribution in [0.1, 0.15) is 59.3 Å². The largest absolute Gasteiger partial charge is 0.351 e. The molecule has 0 aromatic carbocycles. The van der Waals surface area contributed by atoms with Crippen molar-refractivity contribution in [2.24, 2.45) is 17.6 Å². The van der Waals surface area contributed by atoms with Gasteiger partial charge in [0.15, 0.2) is 0 Å². The smallest absolute Gasteiger partial charge is 0.224 e. The third-order valence-electron chi connectivity index (χ3n) is 3.50. The SMILES string of the molecule is CC(C)(C)NC(=O)C(CN)CC1CCCCC1. The van der Waals surface area contributed by atoms with Crippen molar-refractivity contribution < 1.29 is 4.79 Å². The lowest BCUT2D eigenvalue weighted by molar-refractivity contribution is -0.126. The molecule has 0 spiro atoms. The van der Waals surface area contributed by atoms with Gasteiger partial charge < -0.3 is 11.1 Å². The highest BCUT2D eigenvalue weighted by atomic mass is 16.2. The van der Waals surface area contributed by atoms with Crippen molar-refractivity contribution in [1.82, 2.24) is 5.32 Å². The molecule has 3 heteroatoms. The highest BCUT2D eigenvalue weighted by molar-refractivity contribution is 5.79. The third kappa shape index (κ3) is 5.53. The van der Waals surface area contributed by atoms with Gasteiger partial charge in [-0.2, -0.15) is 0 Å². The lowest BCUT2D eigenvalue weighted by Crippen LogP contribution is -2.46. The van der Waals surface area contributed by atoms with E-state index in [0.717, 1.165) is 6.42 Å². The Morgan fingerprint density at radius 3 is 2.35 bits per heavy atom. The Labute approximate surface area is 106 Å². The molecule has 0 bridgehead atoms. The van der Waals surface area contributed by atoms with Gasteiger partial charge in [-0.05, 0) is 33.1 Å². The van der Waals surface area contributed by atoms with Crippen LogP contribution in [0.3, 0.4) is 0 Å². The van der Waals surface area contributed by atoms with Gasteiger partial charge >= 0.3 is 0 Å². The van der Waals surface area contributed by atoms with E-state index in [4.69, 9.17) is 5.73 Å². The lowest BCUT2D eigenvalue weighted by atomic mass is 9.82. The van der Waals surface area contributed by atoms with E-state index >= 15 is 0 Å². The average Bonchev–Trinajstić information content (AvgIpc) is 2.24. The summed E-state index contributed by atoms with van der Waals surface area (Å²) in [6.45, 7) is 6.51. The minimum atomic E-state index is -0.156. The van der Waals surface area contributed by atoms with Crippen molar-refractivity contribution in [1.29, 1.82) is 0 Å². The van der Waals surface area contributed by atoms with Crippen LogP contribution in [-0.2, 0) is 4.79 Å². The first kappa shape index (κ1) is 14.5. The Balaban J connectivity index is 2.43. The molecule has 17 heavy (non-hydrogen) atoms. The summed E-state index contributed by atoms with van der Waals surface area (Å²) in [5.74, 6) is 0.839. The van der Waals surface area contributed by atoms with Crippen LogP contribution < -0.4 is 11.1 Å². The van der Waals surface area contributed by atoms with Crippen LogP contribution in [0.4, 0.5) is 0 Å². The molecule has 1 saturated carbocycles. The summed E-state index contributed by atoms with van der Waals surface area (Å²) >= 11 is 0. The van der Waals surface area contributed by atoms with Gasteiger partial charge in [0, 0.05) is 12.1 Å². The molecular weight excluding hydrogens is 212 g/mol. The van der Waals surface area contributed by atoms with Crippen LogP contribution >= 0.6 is 0 Å². The highest BCUT2D eigenvalue weighted by Gasteiger charge is 2.25. The number of hydrogen-bond acceptors (Lipinski definition) is 2. The molecule has 1 atom stereocenters. The Morgan fingerprint density at radius 2 is 1.88 bits per heavy atom. The fourth-order valence-electron chi connectivity index (χ4n) is 2.61. The zero-order chi connectivity index (χ0) is 12.9. The first-order valence-corrected chi connectivity index (χ1v) is 6.94. The van der Waals surface area contributed by atoms with Gasteiger partial charge in [0.2, 0.25) is 5.91 Å². The Kier molecular flexibility index (Phi) is 5.44. The van der Waals surface area contributed by atoms with Gasteiger partial charge in [0.1, 0.15) is 0 Å². The fraction of sp³-hybridized carbons (Fsp3) is 0.929. The molecule has 1 aliphatic rings. The second-order valence-electron chi connectivity index (χ2n) is 6.41. The third-order valence-corrected chi connectivity index (χ3v) is 3.50. The molecule has 1 rings (SSSR count). The van der Waals surface area contributed by atoms with Gasteiger partial charge in [0.05, 0.1) is 5.92 Å². The van der Waals surface area contributed by atoms with E-state index in [9.17, 15) is 4.79 Å². The zero-order valence-corrected chi connectivity index (χ0v) is 11.6. The molecule has 0 aromatic heterocycles. The molecule has 100 valence electrons. The van der Waals surface area contributed by atoms with Gasteiger partial charge in [-0.25, -0.2) is 0 Å². The quantitative estimate of drug-likeness (QED) is 0.793. The molecule has 1 amide bonds. The molecule has 0 aromatic rings. The number of rotatable bonds is 4. The minimum absolute atomic E-state index is 0.00248. The van der Waals surface area contributed by atoms with Gasteiger partial charge in [-0.3, -0.25) is 4.79 Å². The molecule has 0 saturated heterocycles. The number of carbonyl (C=O) groups excluding carboxylic acids is 1. The number of hydrogen-bond donors (Lipinski definition) is 2. The average molecular weight is 240 g/mol. The van der Waals surface area contributed by atoms with E-state index in [1.54, 1.807) is 0 Å². The van der Waals surface area contributed by atoms with E-state index < -0.39 is 0 Å². The first-order chi connectivity index (χ1) is 7.92. The van der Waals surface area contributed by atoms with E-state index in [2.05, 4.69) is 5.32 Å². The molecule has 3 N–H and O–H groups in total. The Morgan fingerprint density at radius 1 is 1.29 bits per heavy atom. The second-order valence-corrected chi connectivity index (χ2v) is 6.41. The highest BCUT2D eigenvalue weighted by Crippen LogP contribution is 2.29. The maximum absolute atomic E-state index is 12.1. The molecule has 1 aliphatic carbocycles. The van der Waals surface area contributed by atoms with Crippen LogP contribution in [0, 0.1) is 11.8 Å². The monoisotopic (exact) mass is 240 g/mol. The Bertz CT molecular complexity index is 239. The number of nitrogens with two attached hydrogens (primary N) is 1. The van der Waals surface area contributed by atoms with Gasteiger partial charge in [0.25, 0.3) is 0 Å². The van der Waals surface area contributed by atoms with E-state index in [1.165, 1.54) is 32.1 Å². The lowest BCUT2D eigenvalue weighted by Gasteiger charge is -2.28. The molecule has 3 nitrogen and oxygen atoms in total. The summed E-state index contributed by atoms with van der Waals surface area (Å²) in [6.07, 6.45) is 7.53. The summed E-state index contributed by atoms with van der Waals surface area (Å²) in [4.78, 5) is 12.1. The predicted octanol–water partition coefficient (Wildman–Crippen LogP) is 2.45.